The molecule has 0 spiro atoms. The molecular weight excluding hydrogens is 190 g/mol. The molecule has 88 valence electrons. The number of rotatable bonds is 4. The maximum absolute atomic E-state index is 11.8. The van der Waals surface area contributed by atoms with E-state index in [2.05, 4.69) is 6.92 Å². The summed E-state index contributed by atoms with van der Waals surface area (Å²) < 4.78 is 0. The van der Waals surface area contributed by atoms with Gasteiger partial charge in [0.25, 0.3) is 0 Å². The highest BCUT2D eigenvalue weighted by Crippen LogP contribution is 2.21. The van der Waals surface area contributed by atoms with Crippen molar-refractivity contribution < 1.29 is 9.90 Å². The van der Waals surface area contributed by atoms with E-state index in [1.807, 2.05) is 11.8 Å². The molecule has 1 heterocycles. The Bertz CT molecular complexity index is 206. The monoisotopic (exact) mass is 213 g/mol. The Hall–Kier alpha value is -0.570. The molecule has 2 atom stereocenters. The molecule has 0 aromatic carbocycles. The molecule has 0 saturated carbocycles. The van der Waals surface area contributed by atoms with Gasteiger partial charge in [-0.15, -0.1) is 0 Å². The number of carbonyl (C=O) groups is 1. The van der Waals surface area contributed by atoms with E-state index in [1.54, 1.807) is 0 Å². The Morgan fingerprint density at radius 1 is 1.53 bits per heavy atom. The van der Waals surface area contributed by atoms with E-state index in [-0.39, 0.29) is 18.4 Å². The fourth-order valence-electron chi connectivity index (χ4n) is 2.13. The van der Waals surface area contributed by atoms with Gasteiger partial charge >= 0.3 is 0 Å². The molecule has 0 bridgehead atoms. The minimum absolute atomic E-state index is 0.168. The summed E-state index contributed by atoms with van der Waals surface area (Å²) in [6, 6.07) is 0. The van der Waals surface area contributed by atoms with Crippen molar-refractivity contribution in [3.8, 4) is 0 Å². The highest BCUT2D eigenvalue weighted by molar-refractivity contribution is 5.76. The van der Waals surface area contributed by atoms with Crippen LogP contribution in [0.3, 0.4) is 0 Å². The molecule has 15 heavy (non-hydrogen) atoms. The van der Waals surface area contributed by atoms with Crippen molar-refractivity contribution in [1.29, 1.82) is 0 Å². The number of amides is 1. The van der Waals surface area contributed by atoms with Gasteiger partial charge < -0.3 is 10.0 Å². The predicted octanol–water partition coefficient (Wildman–Crippen LogP) is 1.65. The van der Waals surface area contributed by atoms with Crippen molar-refractivity contribution in [2.24, 2.45) is 11.8 Å². The van der Waals surface area contributed by atoms with Crippen LogP contribution in [-0.2, 0) is 4.79 Å². The molecule has 3 heteroatoms. The number of likely N-dealkylation sites (tertiary alicyclic amines) is 1. The standard InChI is InChI=1S/C12H23NO2/c1-3-11-4-5-12(15)13(7-6-11)8-10(2)9-14/h10-11,14H,3-9H2,1-2H3. The fourth-order valence-corrected chi connectivity index (χ4v) is 2.13. The lowest BCUT2D eigenvalue weighted by Crippen LogP contribution is -2.35. The topological polar surface area (TPSA) is 40.5 Å². The minimum Gasteiger partial charge on any atom is -0.396 e. The molecule has 1 aliphatic rings. The van der Waals surface area contributed by atoms with Gasteiger partial charge in [0.15, 0.2) is 0 Å². The highest BCUT2D eigenvalue weighted by atomic mass is 16.3. The Kier molecular flexibility index (Phi) is 5.09. The third-order valence-corrected chi connectivity index (χ3v) is 3.35. The third-order valence-electron chi connectivity index (χ3n) is 3.35. The van der Waals surface area contributed by atoms with Crippen molar-refractivity contribution in [1.82, 2.24) is 4.90 Å². The average molecular weight is 213 g/mol. The molecule has 3 nitrogen and oxygen atoms in total. The van der Waals surface area contributed by atoms with Crippen LogP contribution in [0.4, 0.5) is 0 Å². The molecule has 1 rings (SSSR count). The smallest absolute Gasteiger partial charge is 0.222 e. The van der Waals surface area contributed by atoms with Gasteiger partial charge in [-0.25, -0.2) is 0 Å². The van der Waals surface area contributed by atoms with Crippen LogP contribution in [0.25, 0.3) is 0 Å². The maximum Gasteiger partial charge on any atom is 0.222 e. The summed E-state index contributed by atoms with van der Waals surface area (Å²) in [6.45, 7) is 5.94. The first-order valence-corrected chi connectivity index (χ1v) is 6.06. The summed E-state index contributed by atoms with van der Waals surface area (Å²) in [5.74, 6) is 1.18. The molecule has 2 unspecified atom stereocenters. The molecular formula is C12H23NO2. The van der Waals surface area contributed by atoms with Crippen LogP contribution in [0, 0.1) is 11.8 Å². The quantitative estimate of drug-likeness (QED) is 0.771. The molecule has 1 saturated heterocycles. The Balaban J connectivity index is 2.46. The second kappa shape index (κ2) is 6.11. The largest absolute Gasteiger partial charge is 0.396 e. The number of aliphatic hydroxyl groups is 1. The summed E-state index contributed by atoms with van der Waals surface area (Å²) in [5, 5.41) is 8.98. The highest BCUT2D eigenvalue weighted by Gasteiger charge is 2.22. The zero-order valence-electron chi connectivity index (χ0n) is 9.91. The van der Waals surface area contributed by atoms with Gasteiger partial charge in [0.05, 0.1) is 0 Å². The maximum atomic E-state index is 11.8. The lowest BCUT2D eigenvalue weighted by Gasteiger charge is -2.23. The molecule has 0 aromatic rings. The van der Waals surface area contributed by atoms with Crippen LogP contribution >= 0.6 is 0 Å². The minimum atomic E-state index is 0.168. The summed E-state index contributed by atoms with van der Waals surface area (Å²) in [7, 11) is 0. The first-order valence-electron chi connectivity index (χ1n) is 6.06. The lowest BCUT2D eigenvalue weighted by atomic mass is 9.98. The van der Waals surface area contributed by atoms with Gasteiger partial charge in [0.2, 0.25) is 5.91 Å². The van der Waals surface area contributed by atoms with Crippen LogP contribution in [-0.4, -0.2) is 35.6 Å². The van der Waals surface area contributed by atoms with Crippen molar-refractivity contribution >= 4 is 5.91 Å². The second-order valence-corrected chi connectivity index (χ2v) is 4.73. The predicted molar refractivity (Wildman–Crippen MR) is 60.5 cm³/mol. The van der Waals surface area contributed by atoms with E-state index in [0.717, 1.165) is 19.4 Å². The molecule has 1 fully saturated rings. The van der Waals surface area contributed by atoms with E-state index in [4.69, 9.17) is 5.11 Å². The Morgan fingerprint density at radius 2 is 2.27 bits per heavy atom. The number of hydrogen-bond acceptors (Lipinski definition) is 2. The van der Waals surface area contributed by atoms with Gasteiger partial charge in [0, 0.05) is 26.1 Å². The van der Waals surface area contributed by atoms with Gasteiger partial charge in [-0.05, 0) is 24.7 Å². The van der Waals surface area contributed by atoms with Gasteiger partial charge in [-0.1, -0.05) is 20.3 Å². The molecule has 0 aliphatic carbocycles. The van der Waals surface area contributed by atoms with Gasteiger partial charge in [-0.2, -0.15) is 0 Å². The normalized spacial score (nSPS) is 25.1. The number of carbonyl (C=O) groups excluding carboxylic acids is 1. The Morgan fingerprint density at radius 3 is 2.87 bits per heavy atom. The molecule has 0 radical (unpaired) electrons. The van der Waals surface area contributed by atoms with Crippen molar-refractivity contribution in [3.05, 3.63) is 0 Å². The number of hydrogen-bond donors (Lipinski definition) is 1. The van der Waals surface area contributed by atoms with Gasteiger partial charge in [-0.3, -0.25) is 4.79 Å². The average Bonchev–Trinajstić information content (AvgIpc) is 2.42. The summed E-state index contributed by atoms with van der Waals surface area (Å²) in [6.07, 6.45) is 4.03. The third kappa shape index (κ3) is 3.82. The molecule has 1 amide bonds. The number of nitrogens with zero attached hydrogens (tertiary/aromatic N) is 1. The van der Waals surface area contributed by atoms with E-state index in [0.29, 0.717) is 18.9 Å². The van der Waals surface area contributed by atoms with Crippen molar-refractivity contribution in [3.63, 3.8) is 0 Å². The SMILES string of the molecule is CCC1CCC(=O)N(CC(C)CO)CC1. The first kappa shape index (κ1) is 12.5. The summed E-state index contributed by atoms with van der Waals surface area (Å²) in [5.41, 5.74) is 0. The summed E-state index contributed by atoms with van der Waals surface area (Å²) in [4.78, 5) is 13.7. The lowest BCUT2D eigenvalue weighted by molar-refractivity contribution is -0.131. The summed E-state index contributed by atoms with van der Waals surface area (Å²) >= 11 is 0. The van der Waals surface area contributed by atoms with E-state index < -0.39 is 0 Å². The zero-order valence-corrected chi connectivity index (χ0v) is 9.91. The molecule has 1 aliphatic heterocycles. The van der Waals surface area contributed by atoms with E-state index in [9.17, 15) is 4.79 Å². The van der Waals surface area contributed by atoms with Crippen LogP contribution < -0.4 is 0 Å². The van der Waals surface area contributed by atoms with E-state index >= 15 is 0 Å². The van der Waals surface area contributed by atoms with Crippen LogP contribution in [0.1, 0.15) is 39.5 Å². The fraction of sp³-hybridized carbons (Fsp3) is 0.917. The molecule has 1 N–H and O–H groups in total. The number of aliphatic hydroxyl groups excluding tert-OH is 1. The van der Waals surface area contributed by atoms with Crippen LogP contribution in [0.15, 0.2) is 0 Å². The second-order valence-electron chi connectivity index (χ2n) is 4.73. The first-order chi connectivity index (χ1) is 7.17. The Labute approximate surface area is 92.5 Å². The van der Waals surface area contributed by atoms with Crippen LogP contribution in [0.5, 0.6) is 0 Å². The van der Waals surface area contributed by atoms with Crippen molar-refractivity contribution in [2.45, 2.75) is 39.5 Å². The zero-order chi connectivity index (χ0) is 11.3. The molecule has 0 aromatic heterocycles. The van der Waals surface area contributed by atoms with E-state index in [1.165, 1.54) is 6.42 Å². The van der Waals surface area contributed by atoms with Crippen molar-refractivity contribution in [2.75, 3.05) is 19.7 Å². The van der Waals surface area contributed by atoms with Gasteiger partial charge in [0.1, 0.15) is 0 Å². The van der Waals surface area contributed by atoms with Crippen LogP contribution in [0.2, 0.25) is 0 Å².